The molecule has 0 amide bonds. The Hall–Kier alpha value is -1.05. The predicted octanol–water partition coefficient (Wildman–Crippen LogP) is 4.61. The van der Waals surface area contributed by atoms with Gasteiger partial charge in [-0.25, -0.2) is 4.39 Å². The fourth-order valence-corrected chi connectivity index (χ4v) is 2.97. The highest BCUT2D eigenvalue weighted by Crippen LogP contribution is 2.38. The number of benzene rings is 1. The molecule has 0 aliphatic heterocycles. The highest BCUT2D eigenvalue weighted by molar-refractivity contribution is 5.30. The molecule has 0 heterocycles. The zero-order chi connectivity index (χ0) is 12.3. The molecule has 0 bridgehead atoms. The van der Waals surface area contributed by atoms with Crippen LogP contribution in [0.15, 0.2) is 18.2 Å². The zero-order valence-electron chi connectivity index (χ0n) is 10.5. The van der Waals surface area contributed by atoms with Crippen molar-refractivity contribution in [1.29, 1.82) is 0 Å². The van der Waals surface area contributed by atoms with Crippen molar-refractivity contribution in [1.82, 2.24) is 0 Å². The molecule has 1 N–H and O–H groups in total. The molecule has 1 saturated carbocycles. The molecule has 2 heteroatoms. The number of rotatable bonds is 3. The number of phenolic OH excluding ortho intramolecular Hbond substituents is 1. The third kappa shape index (κ3) is 2.99. The van der Waals surface area contributed by atoms with E-state index in [2.05, 4.69) is 6.92 Å². The minimum atomic E-state index is -0.488. The van der Waals surface area contributed by atoms with E-state index in [-0.39, 0.29) is 5.75 Å². The van der Waals surface area contributed by atoms with E-state index in [1.807, 2.05) is 6.07 Å². The van der Waals surface area contributed by atoms with E-state index in [0.717, 1.165) is 24.3 Å². The summed E-state index contributed by atoms with van der Waals surface area (Å²) in [7, 11) is 0. The summed E-state index contributed by atoms with van der Waals surface area (Å²) in [6, 6.07) is 4.84. The van der Waals surface area contributed by atoms with Gasteiger partial charge in [-0.2, -0.15) is 0 Å². The van der Waals surface area contributed by atoms with Crippen LogP contribution in [0.5, 0.6) is 5.75 Å². The monoisotopic (exact) mass is 236 g/mol. The summed E-state index contributed by atoms with van der Waals surface area (Å²) in [5, 5.41) is 9.18. The van der Waals surface area contributed by atoms with E-state index in [4.69, 9.17) is 0 Å². The molecule has 1 fully saturated rings. The molecule has 1 aromatic rings. The van der Waals surface area contributed by atoms with Crippen LogP contribution in [0, 0.1) is 11.7 Å². The first-order valence-corrected chi connectivity index (χ1v) is 6.69. The van der Waals surface area contributed by atoms with E-state index in [1.165, 1.54) is 37.8 Å². The average Bonchev–Trinajstić information content (AvgIpc) is 2.34. The van der Waals surface area contributed by atoms with Gasteiger partial charge in [0.25, 0.3) is 0 Å². The summed E-state index contributed by atoms with van der Waals surface area (Å²) in [5.74, 6) is 0.628. The summed E-state index contributed by atoms with van der Waals surface area (Å²) in [5.41, 5.74) is 1.05. The second kappa shape index (κ2) is 5.52. The van der Waals surface area contributed by atoms with Crippen LogP contribution in [-0.2, 0) is 0 Å². The molecule has 2 rings (SSSR count). The topological polar surface area (TPSA) is 20.2 Å². The van der Waals surface area contributed by atoms with E-state index in [9.17, 15) is 9.50 Å². The Bertz CT molecular complexity index is 367. The molecule has 1 aromatic carbocycles. The highest BCUT2D eigenvalue weighted by Gasteiger charge is 2.22. The van der Waals surface area contributed by atoms with Crippen LogP contribution in [0.4, 0.5) is 4.39 Å². The summed E-state index contributed by atoms with van der Waals surface area (Å²) >= 11 is 0. The predicted molar refractivity (Wildman–Crippen MR) is 67.7 cm³/mol. The van der Waals surface area contributed by atoms with Crippen molar-refractivity contribution in [3.63, 3.8) is 0 Å². The number of hydrogen-bond acceptors (Lipinski definition) is 1. The molecule has 0 aromatic heterocycles. The molecule has 1 nitrogen and oxygen atoms in total. The Labute approximate surface area is 103 Å². The first kappa shape index (κ1) is 12.4. The van der Waals surface area contributed by atoms with Gasteiger partial charge in [-0.1, -0.05) is 25.8 Å². The van der Waals surface area contributed by atoms with Gasteiger partial charge >= 0.3 is 0 Å². The number of hydrogen-bond donors (Lipinski definition) is 1. The lowest BCUT2D eigenvalue weighted by Gasteiger charge is -2.28. The summed E-state index contributed by atoms with van der Waals surface area (Å²) < 4.78 is 13.3. The smallest absolute Gasteiger partial charge is 0.165 e. The maximum absolute atomic E-state index is 13.3. The van der Waals surface area contributed by atoms with E-state index in [1.54, 1.807) is 0 Å². The Balaban J connectivity index is 1.98. The van der Waals surface area contributed by atoms with Crippen molar-refractivity contribution in [2.24, 2.45) is 5.92 Å². The van der Waals surface area contributed by atoms with Crippen molar-refractivity contribution in [2.75, 3.05) is 0 Å². The largest absolute Gasteiger partial charge is 0.505 e. The molecule has 0 atom stereocenters. The maximum atomic E-state index is 13.3. The average molecular weight is 236 g/mol. The van der Waals surface area contributed by atoms with Crippen LogP contribution < -0.4 is 0 Å². The van der Waals surface area contributed by atoms with Gasteiger partial charge in [0.05, 0.1) is 0 Å². The SMILES string of the molecule is CCCC1CCC(c2ccc(O)c(F)c2)CC1. The number of halogens is 1. The van der Waals surface area contributed by atoms with E-state index < -0.39 is 5.82 Å². The quantitative estimate of drug-likeness (QED) is 0.812. The molecule has 1 aliphatic carbocycles. The van der Waals surface area contributed by atoms with Crippen molar-refractivity contribution >= 4 is 0 Å². The van der Waals surface area contributed by atoms with Crippen LogP contribution >= 0.6 is 0 Å². The first-order chi connectivity index (χ1) is 8.20. The van der Waals surface area contributed by atoms with Crippen molar-refractivity contribution in [2.45, 2.75) is 51.4 Å². The lowest BCUT2D eigenvalue weighted by Crippen LogP contribution is -2.13. The Morgan fingerprint density at radius 3 is 2.53 bits per heavy atom. The lowest BCUT2D eigenvalue weighted by atomic mass is 9.77. The lowest BCUT2D eigenvalue weighted by molar-refractivity contribution is 0.307. The third-order valence-corrected chi connectivity index (χ3v) is 3.99. The van der Waals surface area contributed by atoms with Gasteiger partial charge in [0.1, 0.15) is 0 Å². The molecule has 17 heavy (non-hydrogen) atoms. The van der Waals surface area contributed by atoms with Gasteiger partial charge in [-0.15, -0.1) is 0 Å². The molecule has 94 valence electrons. The van der Waals surface area contributed by atoms with Gasteiger partial charge < -0.3 is 5.11 Å². The Morgan fingerprint density at radius 2 is 1.94 bits per heavy atom. The number of aromatic hydroxyl groups is 1. The Morgan fingerprint density at radius 1 is 1.24 bits per heavy atom. The third-order valence-electron chi connectivity index (χ3n) is 3.99. The first-order valence-electron chi connectivity index (χ1n) is 6.69. The minimum Gasteiger partial charge on any atom is -0.505 e. The molecular formula is C15H21FO. The minimum absolute atomic E-state index is 0.242. The zero-order valence-corrected chi connectivity index (χ0v) is 10.5. The molecule has 0 saturated heterocycles. The summed E-state index contributed by atoms with van der Waals surface area (Å²) in [6.07, 6.45) is 7.45. The van der Waals surface area contributed by atoms with Crippen LogP contribution in [-0.4, -0.2) is 5.11 Å². The second-order valence-corrected chi connectivity index (χ2v) is 5.22. The summed E-state index contributed by atoms with van der Waals surface area (Å²) in [6.45, 7) is 2.24. The van der Waals surface area contributed by atoms with Crippen molar-refractivity contribution in [3.05, 3.63) is 29.6 Å². The highest BCUT2D eigenvalue weighted by atomic mass is 19.1. The van der Waals surface area contributed by atoms with Gasteiger partial charge in [-0.3, -0.25) is 0 Å². The van der Waals surface area contributed by atoms with Crippen LogP contribution in [0.25, 0.3) is 0 Å². The van der Waals surface area contributed by atoms with E-state index in [0.29, 0.717) is 5.92 Å². The van der Waals surface area contributed by atoms with E-state index >= 15 is 0 Å². The fraction of sp³-hybridized carbons (Fsp3) is 0.600. The second-order valence-electron chi connectivity index (χ2n) is 5.22. The van der Waals surface area contributed by atoms with Crippen LogP contribution in [0.2, 0.25) is 0 Å². The molecular weight excluding hydrogens is 215 g/mol. The van der Waals surface area contributed by atoms with Crippen LogP contribution in [0.3, 0.4) is 0 Å². The molecule has 0 unspecified atom stereocenters. The number of phenols is 1. The van der Waals surface area contributed by atoms with Gasteiger partial charge in [0.15, 0.2) is 11.6 Å². The maximum Gasteiger partial charge on any atom is 0.165 e. The van der Waals surface area contributed by atoms with Gasteiger partial charge in [0.2, 0.25) is 0 Å². The standard InChI is InChI=1S/C15H21FO/c1-2-3-11-4-6-12(7-5-11)13-8-9-15(17)14(16)10-13/h8-12,17H,2-7H2,1H3. The molecule has 0 radical (unpaired) electrons. The van der Waals surface area contributed by atoms with Crippen molar-refractivity contribution in [3.8, 4) is 5.75 Å². The summed E-state index contributed by atoms with van der Waals surface area (Å²) in [4.78, 5) is 0. The fourth-order valence-electron chi connectivity index (χ4n) is 2.97. The van der Waals surface area contributed by atoms with Crippen LogP contribution in [0.1, 0.15) is 56.9 Å². The van der Waals surface area contributed by atoms with Gasteiger partial charge in [0, 0.05) is 0 Å². The van der Waals surface area contributed by atoms with Crippen molar-refractivity contribution < 1.29 is 9.50 Å². The Kier molecular flexibility index (Phi) is 4.03. The van der Waals surface area contributed by atoms with Gasteiger partial charge in [-0.05, 0) is 55.2 Å². The molecule has 0 spiro atoms. The normalized spacial score (nSPS) is 24.8. The molecule has 1 aliphatic rings.